The van der Waals surface area contributed by atoms with Crippen LogP contribution < -0.4 is 20.3 Å². The van der Waals surface area contributed by atoms with Gasteiger partial charge in [-0.2, -0.15) is 0 Å². The highest BCUT2D eigenvalue weighted by Crippen LogP contribution is 2.32. The highest BCUT2D eigenvalue weighted by Gasteiger charge is 2.31. The van der Waals surface area contributed by atoms with Gasteiger partial charge in [0.25, 0.3) is 11.1 Å². The van der Waals surface area contributed by atoms with Gasteiger partial charge in [0.15, 0.2) is 6.61 Å². The number of nitrogens with one attached hydrogen (secondary N) is 2. The van der Waals surface area contributed by atoms with Gasteiger partial charge < -0.3 is 19.9 Å². The lowest BCUT2D eigenvalue weighted by Gasteiger charge is -2.26. The largest absolute Gasteiger partial charge is 0.484 e. The minimum Gasteiger partial charge on any atom is -0.484 e. The average molecular weight is 576 g/mol. The molecule has 1 aliphatic rings. The molecule has 3 rings (SSSR count). The number of nitrogens with zero attached hydrogens (tertiary/aromatic N) is 1. The van der Waals surface area contributed by atoms with E-state index in [9.17, 15) is 24.0 Å². The summed E-state index contributed by atoms with van der Waals surface area (Å²) in [6.07, 6.45) is -0.259. The first-order valence-electron chi connectivity index (χ1n) is 11.8. The van der Waals surface area contributed by atoms with E-state index < -0.39 is 28.8 Å². The molecule has 0 aliphatic carbocycles. The molecule has 11 nitrogen and oxygen atoms in total. The number of carbonyl (C=O) groups is 5. The van der Waals surface area contributed by atoms with Crippen LogP contribution in [0.25, 0.3) is 0 Å². The monoisotopic (exact) mass is 575 g/mol. The number of rotatable bonds is 10. The highest BCUT2D eigenvalue weighted by molar-refractivity contribution is 8.15. The van der Waals surface area contributed by atoms with Crippen LogP contribution in [0.3, 0.4) is 0 Å². The Morgan fingerprint density at radius 2 is 1.82 bits per heavy atom. The summed E-state index contributed by atoms with van der Waals surface area (Å²) in [4.78, 5) is 61.3. The fourth-order valence-electron chi connectivity index (χ4n) is 3.36. The molecule has 0 spiro atoms. The second kappa shape index (κ2) is 12.9. The fourth-order valence-corrected chi connectivity index (χ4v) is 4.87. The molecular weight excluding hydrogens is 546 g/mol. The lowest BCUT2D eigenvalue weighted by atomic mass is 10.1. The average Bonchev–Trinajstić information content (AvgIpc) is 3.17. The molecule has 4 amide bonds. The van der Waals surface area contributed by atoms with Crippen LogP contribution in [0.4, 0.5) is 21.0 Å². The van der Waals surface area contributed by atoms with Crippen molar-refractivity contribution in [2.75, 3.05) is 29.6 Å². The molecule has 0 aromatic heterocycles. The van der Waals surface area contributed by atoms with Crippen LogP contribution in [0.15, 0.2) is 47.4 Å². The lowest BCUT2D eigenvalue weighted by molar-refractivity contribution is -0.134. The van der Waals surface area contributed by atoms with Gasteiger partial charge in [0.05, 0.1) is 22.4 Å². The molecule has 1 atom stereocenters. The number of carbonyl (C=O) groups excluding carboxylic acids is 4. The first kappa shape index (κ1) is 29.8. The predicted octanol–water partition coefficient (Wildman–Crippen LogP) is 4.15. The Hall–Kier alpha value is -3.71. The van der Waals surface area contributed by atoms with Crippen LogP contribution in [0.1, 0.15) is 26.3 Å². The van der Waals surface area contributed by atoms with Gasteiger partial charge in [-0.15, -0.1) is 11.8 Å². The molecule has 1 fully saturated rings. The van der Waals surface area contributed by atoms with Gasteiger partial charge in [0, 0.05) is 11.9 Å². The molecule has 0 radical (unpaired) electrons. The van der Waals surface area contributed by atoms with E-state index >= 15 is 0 Å². The lowest BCUT2D eigenvalue weighted by Crippen LogP contribution is -2.34. The SMILES string of the molecule is CN(C(=O)OC(C)(C)C)c1cc(SCC(=O)O)ccc1NC(=O)COc1ccc(CC2SC(=O)NC2=O)cc1. The van der Waals surface area contributed by atoms with Crippen molar-refractivity contribution < 1.29 is 38.6 Å². The summed E-state index contributed by atoms with van der Waals surface area (Å²) >= 11 is 2.03. The maximum absolute atomic E-state index is 12.7. The third-order valence-electron chi connectivity index (χ3n) is 5.12. The summed E-state index contributed by atoms with van der Waals surface area (Å²) in [5.74, 6) is -1.52. The van der Waals surface area contributed by atoms with E-state index in [0.717, 1.165) is 29.1 Å². The Bertz CT molecular complexity index is 1260. The number of imide groups is 1. The molecule has 2 aromatic rings. The molecule has 1 aliphatic heterocycles. The smallest absolute Gasteiger partial charge is 0.414 e. The second-order valence-corrected chi connectivity index (χ2v) is 11.7. The van der Waals surface area contributed by atoms with E-state index in [1.807, 2.05) is 0 Å². The normalized spacial score (nSPS) is 14.9. The molecule has 13 heteroatoms. The van der Waals surface area contributed by atoms with Crippen molar-refractivity contribution in [2.24, 2.45) is 0 Å². The minimum atomic E-state index is -0.984. The molecule has 3 N–H and O–H groups in total. The Morgan fingerprint density at radius 3 is 2.41 bits per heavy atom. The van der Waals surface area contributed by atoms with Crippen molar-refractivity contribution in [3.05, 3.63) is 48.0 Å². The van der Waals surface area contributed by atoms with Gasteiger partial charge in [0.2, 0.25) is 5.91 Å². The van der Waals surface area contributed by atoms with Crippen molar-refractivity contribution in [3.8, 4) is 5.75 Å². The van der Waals surface area contributed by atoms with Crippen LogP contribution in [0.5, 0.6) is 5.75 Å². The van der Waals surface area contributed by atoms with Crippen molar-refractivity contribution in [2.45, 2.75) is 42.9 Å². The first-order chi connectivity index (χ1) is 18.3. The quantitative estimate of drug-likeness (QED) is 0.353. The molecule has 1 saturated heterocycles. The summed E-state index contributed by atoms with van der Waals surface area (Å²) in [6, 6.07) is 11.7. The van der Waals surface area contributed by atoms with Crippen LogP contribution in [0, 0.1) is 0 Å². The van der Waals surface area contributed by atoms with Crippen LogP contribution >= 0.6 is 23.5 Å². The maximum atomic E-state index is 12.7. The molecular formula is C26H29N3O8S2. The van der Waals surface area contributed by atoms with E-state index in [4.69, 9.17) is 14.6 Å². The zero-order valence-electron chi connectivity index (χ0n) is 21.8. The number of carboxylic acid groups (broad SMARTS) is 1. The fraction of sp³-hybridized carbons (Fsp3) is 0.346. The highest BCUT2D eigenvalue weighted by atomic mass is 32.2. The number of thioether (sulfide) groups is 2. The standard InChI is InChI=1S/C26H29N3O8S2/c1-26(2,3)37-25(35)29(4)19-12-17(38-14-22(31)32)9-10-18(19)27-21(30)13-36-16-7-5-15(6-8-16)11-20-23(33)28-24(34)39-20/h5-10,12,20H,11,13-14H2,1-4H3,(H,27,30)(H,31,32)(H,28,33,34). The van der Waals surface area contributed by atoms with Crippen LogP contribution in [-0.4, -0.2) is 64.5 Å². The van der Waals surface area contributed by atoms with Gasteiger partial charge in [-0.3, -0.25) is 29.4 Å². The minimum absolute atomic E-state index is 0.168. The third kappa shape index (κ3) is 9.21. The number of hydrogen-bond acceptors (Lipinski definition) is 9. The molecule has 0 bridgehead atoms. The summed E-state index contributed by atoms with van der Waals surface area (Å²) in [5.41, 5.74) is 0.733. The number of hydrogen-bond donors (Lipinski definition) is 3. The summed E-state index contributed by atoms with van der Waals surface area (Å²) in [7, 11) is 1.49. The Balaban J connectivity index is 1.65. The van der Waals surface area contributed by atoms with Crippen LogP contribution in [-0.2, 0) is 25.5 Å². The van der Waals surface area contributed by atoms with Crippen molar-refractivity contribution in [1.82, 2.24) is 5.32 Å². The van der Waals surface area contributed by atoms with E-state index in [-0.39, 0.29) is 23.5 Å². The second-order valence-electron chi connectivity index (χ2n) is 9.47. The summed E-state index contributed by atoms with van der Waals surface area (Å²) < 4.78 is 11.0. The zero-order valence-corrected chi connectivity index (χ0v) is 23.4. The third-order valence-corrected chi connectivity index (χ3v) is 7.08. The molecule has 1 unspecified atom stereocenters. The molecule has 208 valence electrons. The maximum Gasteiger partial charge on any atom is 0.414 e. The van der Waals surface area contributed by atoms with Crippen molar-refractivity contribution in [3.63, 3.8) is 0 Å². The van der Waals surface area contributed by atoms with Gasteiger partial charge in [-0.05, 0) is 63.1 Å². The number of amides is 4. The number of aliphatic carboxylic acids is 1. The van der Waals surface area contributed by atoms with E-state index in [1.165, 1.54) is 11.9 Å². The Kier molecular flexibility index (Phi) is 9.86. The number of benzene rings is 2. The number of carboxylic acids is 1. The number of anilines is 2. The van der Waals surface area contributed by atoms with Crippen LogP contribution in [0.2, 0.25) is 0 Å². The topological polar surface area (TPSA) is 151 Å². The molecule has 39 heavy (non-hydrogen) atoms. The molecule has 1 heterocycles. The van der Waals surface area contributed by atoms with Gasteiger partial charge in [0.1, 0.15) is 11.4 Å². The van der Waals surface area contributed by atoms with Gasteiger partial charge in [-0.1, -0.05) is 23.9 Å². The molecule has 0 saturated carbocycles. The van der Waals surface area contributed by atoms with Crippen molar-refractivity contribution >= 4 is 64.0 Å². The predicted molar refractivity (Wildman–Crippen MR) is 149 cm³/mol. The zero-order chi connectivity index (χ0) is 28.7. The summed E-state index contributed by atoms with van der Waals surface area (Å²) in [6.45, 7) is 4.88. The van der Waals surface area contributed by atoms with Gasteiger partial charge >= 0.3 is 12.1 Å². The van der Waals surface area contributed by atoms with E-state index in [1.54, 1.807) is 63.2 Å². The number of ether oxygens (including phenoxy) is 2. The van der Waals surface area contributed by atoms with E-state index in [0.29, 0.717) is 28.4 Å². The Morgan fingerprint density at radius 1 is 1.13 bits per heavy atom. The van der Waals surface area contributed by atoms with E-state index in [2.05, 4.69) is 10.6 Å². The van der Waals surface area contributed by atoms with Crippen molar-refractivity contribution in [1.29, 1.82) is 0 Å². The summed E-state index contributed by atoms with van der Waals surface area (Å²) in [5, 5.41) is 13.1. The Labute approximate surface area is 234 Å². The first-order valence-corrected chi connectivity index (χ1v) is 13.7. The molecule has 2 aromatic carbocycles. The van der Waals surface area contributed by atoms with Gasteiger partial charge in [-0.25, -0.2) is 4.79 Å².